The Morgan fingerprint density at radius 1 is 0.395 bits per heavy atom. The van der Waals surface area contributed by atoms with Crippen LogP contribution in [0.4, 0.5) is 0 Å². The molecule has 0 radical (unpaired) electrons. The number of pyridine rings is 1. The van der Waals surface area contributed by atoms with Crippen molar-refractivity contribution < 1.29 is 8.42 Å². The standard InChI is InChI=1S/C39H21NO2S/c41-43(42,23-10-2-1-3-11-23)39-28-15-7-6-14-26(28)36-35-30(39)21-19-22-18-20-27-24-12-4-5-13-25(24)33-29-16-8-9-17-31(29)40-38(36)37(33)34(27)32(22)35/h1-21H. The Hall–Kier alpha value is -5.32. The number of benzene rings is 9. The zero-order chi connectivity index (χ0) is 28.4. The molecule has 4 heteroatoms. The summed E-state index contributed by atoms with van der Waals surface area (Å²) in [6.07, 6.45) is 0. The first-order chi connectivity index (χ1) is 21.1. The molecule has 0 bridgehead atoms. The summed E-state index contributed by atoms with van der Waals surface area (Å²) in [4.78, 5) is 6.03. The monoisotopic (exact) mass is 567 g/mol. The highest BCUT2D eigenvalue weighted by Gasteiger charge is 2.29. The molecule has 0 saturated carbocycles. The van der Waals surface area contributed by atoms with Gasteiger partial charge in [0, 0.05) is 43.1 Å². The van der Waals surface area contributed by atoms with Gasteiger partial charge in [-0.05, 0) is 50.5 Å². The van der Waals surface area contributed by atoms with Gasteiger partial charge in [0.25, 0.3) is 0 Å². The van der Waals surface area contributed by atoms with Crippen molar-refractivity contribution in [3.8, 4) is 0 Å². The predicted octanol–water partition coefficient (Wildman–Crippen LogP) is 10.0. The van der Waals surface area contributed by atoms with Crippen molar-refractivity contribution >= 4 is 96.3 Å². The Kier molecular flexibility index (Phi) is 4.30. The number of hydrogen-bond donors (Lipinski definition) is 0. The number of sulfone groups is 1. The number of fused-ring (bicyclic) bond motifs is 8. The number of hydrogen-bond acceptors (Lipinski definition) is 3. The quantitative estimate of drug-likeness (QED) is 0.154. The van der Waals surface area contributed by atoms with Crippen molar-refractivity contribution in [2.45, 2.75) is 9.79 Å². The van der Waals surface area contributed by atoms with Crippen LogP contribution in [0.15, 0.2) is 137 Å². The second-order valence-electron chi connectivity index (χ2n) is 11.4. The maximum atomic E-state index is 14.5. The Balaban J connectivity index is 1.61. The normalized spacial score (nSPS) is 12.8. The van der Waals surface area contributed by atoms with Gasteiger partial charge in [-0.15, -0.1) is 0 Å². The molecule has 0 aliphatic rings. The van der Waals surface area contributed by atoms with Crippen LogP contribution >= 0.6 is 0 Å². The van der Waals surface area contributed by atoms with E-state index in [1.54, 1.807) is 24.3 Å². The second kappa shape index (κ2) is 7.94. The molecule has 43 heavy (non-hydrogen) atoms. The fraction of sp³-hybridized carbons (Fsp3) is 0. The van der Waals surface area contributed by atoms with Crippen LogP contribution in [-0.2, 0) is 9.84 Å². The molecule has 0 aliphatic heterocycles. The first-order valence-corrected chi connectivity index (χ1v) is 15.9. The molecule has 9 aromatic carbocycles. The number of rotatable bonds is 2. The van der Waals surface area contributed by atoms with E-state index >= 15 is 0 Å². The lowest BCUT2D eigenvalue weighted by atomic mass is 9.83. The van der Waals surface area contributed by atoms with Gasteiger partial charge in [0.15, 0.2) is 0 Å². The van der Waals surface area contributed by atoms with Gasteiger partial charge in [-0.1, -0.05) is 109 Å². The first kappa shape index (κ1) is 23.3. The second-order valence-corrected chi connectivity index (χ2v) is 13.3. The summed E-state index contributed by atoms with van der Waals surface area (Å²) in [6, 6.07) is 42.2. The summed E-state index contributed by atoms with van der Waals surface area (Å²) in [6.45, 7) is 0. The highest BCUT2D eigenvalue weighted by molar-refractivity contribution is 7.92. The van der Waals surface area contributed by atoms with Crippen LogP contribution in [0.5, 0.6) is 0 Å². The molecule has 10 aromatic rings. The third-order valence-electron chi connectivity index (χ3n) is 9.31. The van der Waals surface area contributed by atoms with Gasteiger partial charge in [-0.25, -0.2) is 13.4 Å². The molecule has 0 N–H and O–H groups in total. The SMILES string of the molecule is O=S(=O)(c1ccccc1)c1c2ccccc2c2c3nc4ccccc4c4c5ccccc5c5ccc6ccc1c2c6c5c34. The van der Waals surface area contributed by atoms with E-state index in [4.69, 9.17) is 4.98 Å². The molecular formula is C39H21NO2S. The van der Waals surface area contributed by atoms with Crippen molar-refractivity contribution in [2.24, 2.45) is 0 Å². The van der Waals surface area contributed by atoms with Gasteiger partial charge in [0.05, 0.1) is 20.8 Å². The highest BCUT2D eigenvalue weighted by atomic mass is 32.2. The summed E-state index contributed by atoms with van der Waals surface area (Å²) in [5.74, 6) is 0. The van der Waals surface area contributed by atoms with Crippen molar-refractivity contribution in [1.82, 2.24) is 4.98 Å². The van der Waals surface area contributed by atoms with E-state index < -0.39 is 9.84 Å². The highest BCUT2D eigenvalue weighted by Crippen LogP contribution is 2.52. The summed E-state index contributed by atoms with van der Waals surface area (Å²) >= 11 is 0. The molecule has 3 nitrogen and oxygen atoms in total. The molecule has 0 spiro atoms. The van der Waals surface area contributed by atoms with Gasteiger partial charge < -0.3 is 0 Å². The van der Waals surface area contributed by atoms with Crippen molar-refractivity contribution in [3.63, 3.8) is 0 Å². The lowest BCUT2D eigenvalue weighted by Gasteiger charge is -2.23. The average Bonchev–Trinajstić information content (AvgIpc) is 3.06. The fourth-order valence-corrected chi connectivity index (χ4v) is 9.31. The lowest BCUT2D eigenvalue weighted by Crippen LogP contribution is -2.05. The number of nitrogens with zero attached hydrogens (tertiary/aromatic N) is 1. The van der Waals surface area contributed by atoms with Gasteiger partial charge in [0.1, 0.15) is 0 Å². The van der Waals surface area contributed by atoms with Crippen LogP contribution in [0.3, 0.4) is 0 Å². The maximum Gasteiger partial charge on any atom is 0.207 e. The van der Waals surface area contributed by atoms with E-state index in [1.165, 1.54) is 16.2 Å². The van der Waals surface area contributed by atoms with Gasteiger partial charge in [-0.2, -0.15) is 0 Å². The minimum absolute atomic E-state index is 0.294. The minimum Gasteiger partial charge on any atom is -0.247 e. The van der Waals surface area contributed by atoms with Gasteiger partial charge >= 0.3 is 0 Å². The molecule has 0 saturated heterocycles. The van der Waals surface area contributed by atoms with E-state index in [0.29, 0.717) is 15.2 Å². The third-order valence-corrected chi connectivity index (χ3v) is 11.2. The largest absolute Gasteiger partial charge is 0.247 e. The summed E-state index contributed by atoms with van der Waals surface area (Å²) in [5.41, 5.74) is 1.85. The molecule has 1 aromatic heterocycles. The number of aromatic nitrogens is 1. The Morgan fingerprint density at radius 3 is 1.72 bits per heavy atom. The summed E-state index contributed by atoms with van der Waals surface area (Å²) < 4.78 is 29.0. The van der Waals surface area contributed by atoms with Crippen LogP contribution in [-0.4, -0.2) is 13.4 Å². The zero-order valence-electron chi connectivity index (χ0n) is 22.8. The van der Waals surface area contributed by atoms with E-state index in [-0.39, 0.29) is 0 Å². The molecule has 0 unspecified atom stereocenters. The Labute approximate surface area is 246 Å². The first-order valence-electron chi connectivity index (χ1n) is 14.4. The average molecular weight is 568 g/mol. The van der Waals surface area contributed by atoms with Crippen LogP contribution in [0.2, 0.25) is 0 Å². The van der Waals surface area contributed by atoms with Crippen LogP contribution in [0, 0.1) is 0 Å². The molecule has 1 heterocycles. The van der Waals surface area contributed by atoms with E-state index in [1.807, 2.05) is 36.4 Å². The Bertz CT molecular complexity index is 2890. The molecule has 0 aliphatic carbocycles. The molecule has 0 atom stereocenters. The topological polar surface area (TPSA) is 47.0 Å². The maximum absolute atomic E-state index is 14.5. The Morgan fingerprint density at radius 2 is 0.953 bits per heavy atom. The predicted molar refractivity (Wildman–Crippen MR) is 179 cm³/mol. The molecule has 10 rings (SSSR count). The van der Waals surface area contributed by atoms with Crippen LogP contribution < -0.4 is 0 Å². The molecule has 0 amide bonds. The van der Waals surface area contributed by atoms with Crippen molar-refractivity contribution in [2.75, 3.05) is 0 Å². The molecule has 200 valence electrons. The van der Waals surface area contributed by atoms with Crippen LogP contribution in [0.25, 0.3) is 86.4 Å². The third kappa shape index (κ3) is 2.79. The fourth-order valence-electron chi connectivity index (χ4n) is 7.63. The lowest BCUT2D eigenvalue weighted by molar-refractivity contribution is 0.598. The van der Waals surface area contributed by atoms with E-state index in [0.717, 1.165) is 64.9 Å². The summed E-state index contributed by atoms with van der Waals surface area (Å²) in [5, 5.41) is 14.7. The minimum atomic E-state index is -3.85. The van der Waals surface area contributed by atoms with Gasteiger partial charge in [-0.3, -0.25) is 0 Å². The number of para-hydroxylation sites is 1. The van der Waals surface area contributed by atoms with Crippen molar-refractivity contribution in [1.29, 1.82) is 0 Å². The van der Waals surface area contributed by atoms with E-state index in [2.05, 4.69) is 66.7 Å². The molecular weight excluding hydrogens is 547 g/mol. The zero-order valence-corrected chi connectivity index (χ0v) is 23.6. The van der Waals surface area contributed by atoms with Gasteiger partial charge in [0.2, 0.25) is 9.84 Å². The smallest absolute Gasteiger partial charge is 0.207 e. The van der Waals surface area contributed by atoms with Crippen molar-refractivity contribution in [3.05, 3.63) is 127 Å². The molecule has 0 fully saturated rings. The van der Waals surface area contributed by atoms with Crippen LogP contribution in [0.1, 0.15) is 0 Å². The van der Waals surface area contributed by atoms with E-state index in [9.17, 15) is 8.42 Å². The summed E-state index contributed by atoms with van der Waals surface area (Å²) in [7, 11) is -3.85.